The first-order chi connectivity index (χ1) is 9.63. The summed E-state index contributed by atoms with van der Waals surface area (Å²) in [5.41, 5.74) is 0. The lowest BCUT2D eigenvalue weighted by Crippen LogP contribution is -2.35. The van der Waals surface area contributed by atoms with Gasteiger partial charge in [0.1, 0.15) is 6.33 Å². The second-order valence-corrected chi connectivity index (χ2v) is 5.30. The van der Waals surface area contributed by atoms with Gasteiger partial charge in [0.25, 0.3) is 0 Å². The molecule has 0 saturated heterocycles. The molecule has 0 aromatic carbocycles. The van der Waals surface area contributed by atoms with Crippen molar-refractivity contribution in [2.75, 3.05) is 6.54 Å². The first-order valence-electron chi connectivity index (χ1n) is 7.06. The number of nitrogens with zero attached hydrogens (tertiary/aromatic N) is 4. The molecule has 2 unspecified atom stereocenters. The number of rotatable bonds is 7. The molecule has 0 radical (unpaired) electrons. The maximum Gasteiger partial charge on any atom is 0.239 e. The van der Waals surface area contributed by atoms with E-state index in [2.05, 4.69) is 58.3 Å². The van der Waals surface area contributed by atoms with E-state index in [0.29, 0.717) is 23.5 Å². The predicted molar refractivity (Wildman–Crippen MR) is 75.0 cm³/mol. The van der Waals surface area contributed by atoms with Crippen molar-refractivity contribution < 1.29 is 4.52 Å². The lowest BCUT2D eigenvalue weighted by Gasteiger charge is -2.24. The van der Waals surface area contributed by atoms with Crippen LogP contribution in [-0.4, -0.2) is 37.9 Å². The smallest absolute Gasteiger partial charge is 0.239 e. The molecule has 2 N–H and O–H groups in total. The van der Waals surface area contributed by atoms with Crippen LogP contribution in [0, 0.1) is 5.92 Å². The summed E-state index contributed by atoms with van der Waals surface area (Å²) in [6, 6.07) is 0.276. The molecule has 2 rings (SSSR count). The summed E-state index contributed by atoms with van der Waals surface area (Å²) < 4.78 is 5.42. The van der Waals surface area contributed by atoms with Gasteiger partial charge in [-0.05, 0) is 25.8 Å². The summed E-state index contributed by atoms with van der Waals surface area (Å²) in [4.78, 5) is 8.48. The highest BCUT2D eigenvalue weighted by Gasteiger charge is 2.28. The Hall–Kier alpha value is -1.76. The summed E-state index contributed by atoms with van der Waals surface area (Å²) >= 11 is 0. The van der Waals surface area contributed by atoms with Crippen molar-refractivity contribution in [1.29, 1.82) is 0 Å². The van der Waals surface area contributed by atoms with Gasteiger partial charge in [-0.25, -0.2) is 4.98 Å². The largest absolute Gasteiger partial charge is 0.338 e. The monoisotopic (exact) mass is 278 g/mol. The highest BCUT2D eigenvalue weighted by Crippen LogP contribution is 2.27. The van der Waals surface area contributed by atoms with Gasteiger partial charge in [-0.3, -0.25) is 5.10 Å². The quantitative estimate of drug-likeness (QED) is 0.804. The molecule has 0 bridgehead atoms. The fraction of sp³-hybridized carbons (Fsp3) is 0.692. The molecule has 0 aliphatic rings. The van der Waals surface area contributed by atoms with Crippen molar-refractivity contribution in [3.8, 4) is 11.6 Å². The van der Waals surface area contributed by atoms with Crippen molar-refractivity contribution in [1.82, 2.24) is 30.6 Å². The van der Waals surface area contributed by atoms with Crippen LogP contribution in [0.4, 0.5) is 0 Å². The molecule has 0 fully saturated rings. The molecule has 2 aromatic heterocycles. The molecule has 7 heteroatoms. The van der Waals surface area contributed by atoms with E-state index in [9.17, 15) is 0 Å². The van der Waals surface area contributed by atoms with Gasteiger partial charge in [-0.2, -0.15) is 10.1 Å². The van der Waals surface area contributed by atoms with Crippen LogP contribution in [0.25, 0.3) is 11.6 Å². The zero-order chi connectivity index (χ0) is 14.5. The Labute approximate surface area is 118 Å². The van der Waals surface area contributed by atoms with Crippen molar-refractivity contribution >= 4 is 0 Å². The van der Waals surface area contributed by atoms with Crippen molar-refractivity contribution in [3.05, 3.63) is 12.2 Å². The van der Waals surface area contributed by atoms with E-state index in [0.717, 1.165) is 13.0 Å². The summed E-state index contributed by atoms with van der Waals surface area (Å²) in [6.07, 6.45) is 2.53. The van der Waals surface area contributed by atoms with Crippen LogP contribution in [0.15, 0.2) is 10.9 Å². The van der Waals surface area contributed by atoms with Crippen molar-refractivity contribution in [3.63, 3.8) is 0 Å². The van der Waals surface area contributed by atoms with E-state index in [1.54, 1.807) is 0 Å². The van der Waals surface area contributed by atoms with Crippen LogP contribution < -0.4 is 5.32 Å². The number of aromatic nitrogens is 5. The topological polar surface area (TPSA) is 92.5 Å². The van der Waals surface area contributed by atoms with Gasteiger partial charge in [0.15, 0.2) is 5.82 Å². The maximum atomic E-state index is 5.42. The van der Waals surface area contributed by atoms with Gasteiger partial charge in [-0.1, -0.05) is 25.9 Å². The molecule has 0 aliphatic carbocycles. The average molecular weight is 278 g/mol. The molecule has 0 amide bonds. The van der Waals surface area contributed by atoms with Gasteiger partial charge < -0.3 is 9.84 Å². The number of hydrogen-bond donors (Lipinski definition) is 2. The Kier molecular flexibility index (Phi) is 4.84. The second-order valence-electron chi connectivity index (χ2n) is 5.30. The predicted octanol–water partition coefficient (Wildman–Crippen LogP) is 1.98. The van der Waals surface area contributed by atoms with E-state index < -0.39 is 0 Å². The van der Waals surface area contributed by atoms with Crippen molar-refractivity contribution in [2.24, 2.45) is 5.92 Å². The van der Waals surface area contributed by atoms with Gasteiger partial charge in [0, 0.05) is 6.04 Å². The standard InChI is InChI=1S/C13H22N6O/c1-5-6-14-9(4)10(8(2)3)13-17-12(19-20-13)11-15-7-16-18-11/h7-10,14H,5-6H2,1-4H3,(H,15,16,18). The van der Waals surface area contributed by atoms with Crippen molar-refractivity contribution in [2.45, 2.75) is 46.1 Å². The van der Waals surface area contributed by atoms with Gasteiger partial charge in [0.2, 0.25) is 11.7 Å². The molecule has 0 aliphatic heterocycles. The van der Waals surface area contributed by atoms with Crippen LogP contribution >= 0.6 is 0 Å². The number of nitrogens with one attached hydrogen (secondary N) is 2. The Bertz CT molecular complexity index is 507. The third kappa shape index (κ3) is 3.22. The molecule has 110 valence electrons. The average Bonchev–Trinajstić information content (AvgIpc) is 3.06. The fourth-order valence-electron chi connectivity index (χ4n) is 2.36. The zero-order valence-corrected chi connectivity index (χ0v) is 12.4. The summed E-state index contributed by atoms with van der Waals surface area (Å²) in [7, 11) is 0. The maximum absolute atomic E-state index is 5.42. The highest BCUT2D eigenvalue weighted by molar-refractivity contribution is 5.39. The van der Waals surface area contributed by atoms with E-state index >= 15 is 0 Å². The van der Waals surface area contributed by atoms with E-state index in [-0.39, 0.29) is 12.0 Å². The molecule has 20 heavy (non-hydrogen) atoms. The SMILES string of the molecule is CCCNC(C)C(c1nc(-c2ncn[nH]2)no1)C(C)C. The Morgan fingerprint density at radius 3 is 2.75 bits per heavy atom. The molecule has 0 saturated carbocycles. The van der Waals surface area contributed by atoms with Crippen LogP contribution in [0.2, 0.25) is 0 Å². The summed E-state index contributed by atoms with van der Waals surface area (Å²) in [5, 5.41) is 14.0. The summed E-state index contributed by atoms with van der Waals surface area (Å²) in [6.45, 7) is 9.60. The fourth-order valence-corrected chi connectivity index (χ4v) is 2.36. The normalized spacial score (nSPS) is 14.7. The highest BCUT2D eigenvalue weighted by atomic mass is 16.5. The second kappa shape index (κ2) is 6.60. The van der Waals surface area contributed by atoms with E-state index in [1.165, 1.54) is 6.33 Å². The van der Waals surface area contributed by atoms with Crippen LogP contribution in [0.3, 0.4) is 0 Å². The number of hydrogen-bond acceptors (Lipinski definition) is 6. The minimum Gasteiger partial charge on any atom is -0.338 e. The molecular formula is C13H22N6O. The molecule has 2 atom stereocenters. The number of aromatic amines is 1. The first kappa shape index (κ1) is 14.6. The zero-order valence-electron chi connectivity index (χ0n) is 12.4. The molecule has 2 heterocycles. The van der Waals surface area contributed by atoms with Crippen LogP contribution in [-0.2, 0) is 0 Å². The van der Waals surface area contributed by atoms with Crippen LogP contribution in [0.1, 0.15) is 45.9 Å². The molecule has 2 aromatic rings. The molecular weight excluding hydrogens is 256 g/mol. The lowest BCUT2D eigenvalue weighted by atomic mass is 9.89. The van der Waals surface area contributed by atoms with Gasteiger partial charge >= 0.3 is 0 Å². The minimum atomic E-state index is 0.172. The Balaban J connectivity index is 2.17. The minimum absolute atomic E-state index is 0.172. The van der Waals surface area contributed by atoms with Crippen LogP contribution in [0.5, 0.6) is 0 Å². The molecule has 0 spiro atoms. The Morgan fingerprint density at radius 2 is 2.15 bits per heavy atom. The number of H-pyrrole nitrogens is 1. The van der Waals surface area contributed by atoms with E-state index in [1.807, 2.05) is 0 Å². The van der Waals surface area contributed by atoms with E-state index in [4.69, 9.17) is 4.52 Å². The third-order valence-corrected chi connectivity index (χ3v) is 3.33. The first-order valence-corrected chi connectivity index (χ1v) is 7.06. The lowest BCUT2D eigenvalue weighted by molar-refractivity contribution is 0.280. The van der Waals surface area contributed by atoms with Gasteiger partial charge in [0.05, 0.1) is 5.92 Å². The third-order valence-electron chi connectivity index (χ3n) is 3.33. The summed E-state index contributed by atoms with van der Waals surface area (Å²) in [5.74, 6) is 2.19. The molecule has 7 nitrogen and oxygen atoms in total. The van der Waals surface area contributed by atoms with Gasteiger partial charge in [-0.15, -0.1) is 0 Å². The Morgan fingerprint density at radius 1 is 1.35 bits per heavy atom.